The van der Waals surface area contributed by atoms with Gasteiger partial charge in [0, 0.05) is 11.1 Å². The highest BCUT2D eigenvalue weighted by molar-refractivity contribution is 6.43. The molecule has 5 nitrogen and oxygen atoms in total. The number of halogens is 2. The zero-order valence-corrected chi connectivity index (χ0v) is 14.7. The molecular weight excluding hydrogens is 369 g/mol. The molecule has 0 aliphatic heterocycles. The van der Waals surface area contributed by atoms with Crippen molar-refractivity contribution < 1.29 is 0 Å². The minimum atomic E-state index is 0.154. The number of hydrogen-bond donors (Lipinski definition) is 1. The number of fused-ring (bicyclic) bond motifs is 3. The van der Waals surface area contributed by atoms with Crippen molar-refractivity contribution >= 4 is 45.7 Å². The number of aromatic nitrogens is 2. The number of anilines is 1. The maximum Gasteiger partial charge on any atom is 0.158 e. The largest absolute Gasteiger partial charge is 0.384 e. The molecule has 0 fully saturated rings. The smallest absolute Gasteiger partial charge is 0.158 e. The Balaban J connectivity index is 2.28. The normalized spacial score (nSPS) is 10.8. The van der Waals surface area contributed by atoms with Gasteiger partial charge >= 0.3 is 0 Å². The Labute approximate surface area is 158 Å². The van der Waals surface area contributed by atoms with E-state index >= 15 is 0 Å². The molecule has 4 aromatic rings. The van der Waals surface area contributed by atoms with Crippen molar-refractivity contribution in [2.45, 2.75) is 0 Å². The number of nitriles is 2. The van der Waals surface area contributed by atoms with E-state index in [1.807, 2.05) is 24.3 Å². The maximum absolute atomic E-state index is 9.84. The molecule has 0 aliphatic rings. The summed E-state index contributed by atoms with van der Waals surface area (Å²) in [7, 11) is 0. The molecule has 0 unspecified atom stereocenters. The van der Waals surface area contributed by atoms with E-state index in [2.05, 4.69) is 17.1 Å². The van der Waals surface area contributed by atoms with Crippen molar-refractivity contribution in [2.24, 2.45) is 0 Å². The summed E-state index contributed by atoms with van der Waals surface area (Å²) in [5, 5.41) is 20.2. The molecule has 0 amide bonds. The van der Waals surface area contributed by atoms with E-state index in [0.29, 0.717) is 27.3 Å². The van der Waals surface area contributed by atoms with Gasteiger partial charge in [0.15, 0.2) is 5.65 Å². The first kappa shape index (κ1) is 16.2. The van der Waals surface area contributed by atoms with Gasteiger partial charge in [-0.3, -0.25) is 4.40 Å². The van der Waals surface area contributed by atoms with Crippen LogP contribution in [0.3, 0.4) is 0 Å². The summed E-state index contributed by atoms with van der Waals surface area (Å²) < 4.78 is 1.62. The van der Waals surface area contributed by atoms with Gasteiger partial charge in [-0.25, -0.2) is 4.98 Å². The fourth-order valence-corrected chi connectivity index (χ4v) is 3.49. The number of nitrogens with zero attached hydrogens (tertiary/aromatic N) is 4. The monoisotopic (exact) mass is 377 g/mol. The van der Waals surface area contributed by atoms with Crippen LogP contribution in [0.2, 0.25) is 10.0 Å². The minimum absolute atomic E-state index is 0.154. The van der Waals surface area contributed by atoms with Gasteiger partial charge in [-0.15, -0.1) is 0 Å². The lowest BCUT2D eigenvalue weighted by Crippen LogP contribution is -2.06. The Hall–Kier alpha value is -3.25. The molecule has 0 saturated heterocycles. The second kappa shape index (κ2) is 5.93. The van der Waals surface area contributed by atoms with Gasteiger partial charge in [0.2, 0.25) is 0 Å². The first-order chi connectivity index (χ1) is 12.6. The van der Waals surface area contributed by atoms with Crippen LogP contribution in [0.1, 0.15) is 11.1 Å². The topological polar surface area (TPSA) is 90.9 Å². The Morgan fingerprint density at radius 2 is 1.69 bits per heavy atom. The van der Waals surface area contributed by atoms with Crippen molar-refractivity contribution in [1.82, 2.24) is 9.38 Å². The summed E-state index contributed by atoms with van der Waals surface area (Å²) in [6, 6.07) is 16.6. The van der Waals surface area contributed by atoms with E-state index in [0.717, 1.165) is 5.52 Å². The zero-order chi connectivity index (χ0) is 18.4. The van der Waals surface area contributed by atoms with Crippen LogP contribution >= 0.6 is 23.2 Å². The van der Waals surface area contributed by atoms with Crippen LogP contribution < -0.4 is 5.73 Å². The molecule has 0 bridgehead atoms. The fourth-order valence-electron chi connectivity index (χ4n) is 3.10. The highest BCUT2D eigenvalue weighted by atomic mass is 35.5. The van der Waals surface area contributed by atoms with E-state index in [4.69, 9.17) is 28.9 Å². The van der Waals surface area contributed by atoms with Crippen LogP contribution in [0.25, 0.3) is 27.8 Å². The Kier molecular flexibility index (Phi) is 3.70. The molecule has 2 aromatic carbocycles. The summed E-state index contributed by atoms with van der Waals surface area (Å²) >= 11 is 12.5. The van der Waals surface area contributed by atoms with Crippen LogP contribution in [-0.2, 0) is 0 Å². The van der Waals surface area contributed by atoms with Gasteiger partial charge in [-0.2, -0.15) is 10.5 Å². The molecule has 0 spiro atoms. The summed E-state index contributed by atoms with van der Waals surface area (Å²) in [4.78, 5) is 4.54. The van der Waals surface area contributed by atoms with E-state index in [1.54, 1.807) is 22.6 Å². The number of nitrogen functional groups attached to an aromatic ring is 1. The highest BCUT2D eigenvalue weighted by Gasteiger charge is 2.24. The van der Waals surface area contributed by atoms with Gasteiger partial charge < -0.3 is 5.73 Å². The summed E-state index contributed by atoms with van der Waals surface area (Å²) in [6.45, 7) is 0. The third-order valence-electron chi connectivity index (χ3n) is 4.23. The molecule has 2 heterocycles. The Morgan fingerprint density at radius 1 is 0.962 bits per heavy atom. The van der Waals surface area contributed by atoms with Crippen molar-refractivity contribution in [3.05, 3.63) is 63.6 Å². The van der Waals surface area contributed by atoms with Crippen LogP contribution in [-0.4, -0.2) is 9.38 Å². The van der Waals surface area contributed by atoms with E-state index in [1.165, 1.54) is 0 Å². The van der Waals surface area contributed by atoms with E-state index < -0.39 is 0 Å². The van der Waals surface area contributed by atoms with Crippen molar-refractivity contribution in [3.63, 3.8) is 0 Å². The third-order valence-corrected chi connectivity index (χ3v) is 5.04. The first-order valence-corrected chi connectivity index (χ1v) is 8.31. The van der Waals surface area contributed by atoms with Crippen LogP contribution in [0.5, 0.6) is 0 Å². The molecule has 0 aliphatic carbocycles. The van der Waals surface area contributed by atoms with Gasteiger partial charge in [-0.05, 0) is 18.2 Å². The molecular formula is C19H9Cl2N5. The minimum Gasteiger partial charge on any atom is -0.384 e. The molecule has 0 saturated carbocycles. The first-order valence-electron chi connectivity index (χ1n) is 7.55. The van der Waals surface area contributed by atoms with Gasteiger partial charge in [0.1, 0.15) is 29.1 Å². The highest BCUT2D eigenvalue weighted by Crippen LogP contribution is 2.40. The number of imidazole rings is 1. The maximum atomic E-state index is 9.84. The summed E-state index contributed by atoms with van der Waals surface area (Å²) in [5.74, 6) is 0.196. The number of rotatable bonds is 1. The molecule has 0 atom stereocenters. The quantitative estimate of drug-likeness (QED) is 0.516. The average Bonchev–Trinajstić information content (AvgIpc) is 3.03. The molecule has 2 N–H and O–H groups in total. The van der Waals surface area contributed by atoms with Crippen LogP contribution in [0.4, 0.5) is 5.82 Å². The lowest BCUT2D eigenvalue weighted by Gasteiger charge is -2.14. The summed E-state index contributed by atoms with van der Waals surface area (Å²) in [6.07, 6.45) is 0. The summed E-state index contributed by atoms with van der Waals surface area (Å²) in [5.41, 5.74) is 9.25. The van der Waals surface area contributed by atoms with E-state index in [9.17, 15) is 10.5 Å². The second-order valence-corrected chi connectivity index (χ2v) is 6.38. The molecule has 7 heteroatoms. The number of nitrogens with two attached hydrogens (primary N) is 1. The molecule has 124 valence electrons. The predicted octanol–water partition coefficient (Wildman–Crippen LogP) is 4.79. The zero-order valence-electron chi connectivity index (χ0n) is 13.2. The molecule has 4 rings (SSSR count). The fraction of sp³-hybridized carbons (Fsp3) is 0. The molecule has 0 radical (unpaired) electrons. The Bertz CT molecular complexity index is 1290. The average molecular weight is 378 g/mol. The van der Waals surface area contributed by atoms with E-state index in [-0.39, 0.29) is 22.0 Å². The number of hydrogen-bond acceptors (Lipinski definition) is 4. The predicted molar refractivity (Wildman–Crippen MR) is 102 cm³/mol. The number of pyridine rings is 1. The van der Waals surface area contributed by atoms with Gasteiger partial charge in [0.05, 0.1) is 21.1 Å². The molecule has 26 heavy (non-hydrogen) atoms. The van der Waals surface area contributed by atoms with Gasteiger partial charge in [0.25, 0.3) is 0 Å². The third kappa shape index (κ3) is 2.12. The second-order valence-electron chi connectivity index (χ2n) is 5.59. The number of benzene rings is 2. The van der Waals surface area contributed by atoms with Crippen molar-refractivity contribution in [1.29, 1.82) is 10.5 Å². The standard InChI is InChI=1S/C19H9Cl2N5/c20-13-5-3-4-10(17(13)21)16-11(8-22)18(24)26-15-7-2-1-6-14(15)25-19(26)12(16)9-23/h1-7H,24H2. The van der Waals surface area contributed by atoms with Crippen LogP contribution in [0, 0.1) is 22.7 Å². The van der Waals surface area contributed by atoms with Crippen molar-refractivity contribution in [2.75, 3.05) is 5.73 Å². The van der Waals surface area contributed by atoms with Gasteiger partial charge in [-0.1, -0.05) is 47.5 Å². The molecule has 2 aromatic heterocycles. The number of para-hydroxylation sites is 2. The lowest BCUT2D eigenvalue weighted by atomic mass is 9.96. The van der Waals surface area contributed by atoms with Crippen LogP contribution in [0.15, 0.2) is 42.5 Å². The SMILES string of the molecule is N#Cc1c(-c2cccc(Cl)c2Cl)c(C#N)c2nc3ccccc3n2c1N. The lowest BCUT2D eigenvalue weighted by molar-refractivity contribution is 1.21. The van der Waals surface area contributed by atoms with Crippen molar-refractivity contribution in [3.8, 4) is 23.3 Å². The Morgan fingerprint density at radius 3 is 2.42 bits per heavy atom.